The molecule has 1 aromatic heterocycles. The van der Waals surface area contributed by atoms with Gasteiger partial charge in [-0.15, -0.1) is 0 Å². The number of nitrogens with zero attached hydrogens (tertiary/aromatic N) is 2. The molecule has 2 aromatic rings. The highest BCUT2D eigenvalue weighted by Gasteiger charge is 2.27. The summed E-state index contributed by atoms with van der Waals surface area (Å²) < 4.78 is 0. The third-order valence-corrected chi connectivity index (χ3v) is 3.65. The van der Waals surface area contributed by atoms with Gasteiger partial charge in [0.2, 0.25) is 0 Å². The lowest BCUT2D eigenvalue weighted by atomic mass is 9.95. The molecule has 0 aliphatic heterocycles. The van der Waals surface area contributed by atoms with E-state index in [9.17, 15) is 10.1 Å². The van der Waals surface area contributed by atoms with Gasteiger partial charge in [0.15, 0.2) is 5.16 Å². The Hall–Kier alpha value is -2.10. The van der Waals surface area contributed by atoms with Crippen molar-refractivity contribution in [3.05, 3.63) is 58.5 Å². The molecule has 2 rings (SSSR count). The van der Waals surface area contributed by atoms with Crippen LogP contribution in [0.15, 0.2) is 52.5 Å². The SMILES string of the molecule is N#CC(N)(CSc1nccc(=O)[nH]1)c1ccccc1. The second kappa shape index (κ2) is 5.69. The number of nitrogens with one attached hydrogen (secondary N) is 1. The van der Waals surface area contributed by atoms with Gasteiger partial charge in [-0.25, -0.2) is 4.98 Å². The number of rotatable bonds is 4. The largest absolute Gasteiger partial charge is 0.309 e. The molecule has 1 atom stereocenters. The van der Waals surface area contributed by atoms with Crippen molar-refractivity contribution in [2.45, 2.75) is 10.7 Å². The summed E-state index contributed by atoms with van der Waals surface area (Å²) in [5.41, 5.74) is 5.51. The summed E-state index contributed by atoms with van der Waals surface area (Å²) in [7, 11) is 0. The molecule has 6 heteroatoms. The molecular weight excluding hydrogens is 260 g/mol. The highest BCUT2D eigenvalue weighted by Crippen LogP contribution is 2.24. The van der Waals surface area contributed by atoms with Gasteiger partial charge in [-0.05, 0) is 5.56 Å². The molecular formula is C13H12N4OS. The van der Waals surface area contributed by atoms with Gasteiger partial charge in [-0.2, -0.15) is 5.26 Å². The van der Waals surface area contributed by atoms with E-state index in [-0.39, 0.29) is 5.56 Å². The number of H-pyrrole nitrogens is 1. The molecule has 1 aromatic carbocycles. The summed E-state index contributed by atoms with van der Waals surface area (Å²) in [6.45, 7) is 0. The van der Waals surface area contributed by atoms with Gasteiger partial charge in [0, 0.05) is 18.0 Å². The van der Waals surface area contributed by atoms with E-state index < -0.39 is 5.54 Å². The minimum atomic E-state index is -1.11. The Morgan fingerprint density at radius 2 is 2.11 bits per heavy atom. The van der Waals surface area contributed by atoms with Gasteiger partial charge in [-0.1, -0.05) is 42.1 Å². The maximum absolute atomic E-state index is 11.1. The average Bonchev–Trinajstić information content (AvgIpc) is 2.46. The van der Waals surface area contributed by atoms with Gasteiger partial charge in [-0.3, -0.25) is 4.79 Å². The quantitative estimate of drug-likeness (QED) is 0.645. The number of benzene rings is 1. The van der Waals surface area contributed by atoms with Crippen LogP contribution in [-0.2, 0) is 5.54 Å². The Kier molecular flexibility index (Phi) is 4.00. The minimum Gasteiger partial charge on any atom is -0.309 e. The minimum absolute atomic E-state index is 0.225. The van der Waals surface area contributed by atoms with Crippen LogP contribution in [-0.4, -0.2) is 15.7 Å². The van der Waals surface area contributed by atoms with Crippen LogP contribution in [0.5, 0.6) is 0 Å². The lowest BCUT2D eigenvalue weighted by molar-refractivity contribution is 0.657. The van der Waals surface area contributed by atoms with Crippen LogP contribution < -0.4 is 11.3 Å². The van der Waals surface area contributed by atoms with Gasteiger partial charge < -0.3 is 10.7 Å². The zero-order chi connectivity index (χ0) is 13.7. The fraction of sp³-hybridized carbons (Fsp3) is 0.154. The number of nitrogens with two attached hydrogens (primary N) is 1. The van der Waals surface area contributed by atoms with Crippen LogP contribution in [0.2, 0.25) is 0 Å². The van der Waals surface area contributed by atoms with Crippen LogP contribution in [0.25, 0.3) is 0 Å². The Balaban J connectivity index is 2.17. The molecule has 0 bridgehead atoms. The Morgan fingerprint density at radius 1 is 1.37 bits per heavy atom. The number of aromatic amines is 1. The van der Waals surface area contributed by atoms with E-state index in [1.54, 1.807) is 0 Å². The number of hydrogen-bond acceptors (Lipinski definition) is 5. The molecule has 0 fully saturated rings. The summed E-state index contributed by atoms with van der Waals surface area (Å²) >= 11 is 1.25. The predicted octanol–water partition coefficient (Wildman–Crippen LogP) is 1.24. The first-order valence-electron chi connectivity index (χ1n) is 5.58. The zero-order valence-electron chi connectivity index (χ0n) is 10.0. The Bertz CT molecular complexity index is 649. The summed E-state index contributed by atoms with van der Waals surface area (Å²) in [4.78, 5) is 17.7. The van der Waals surface area contributed by atoms with Crippen molar-refractivity contribution in [2.75, 3.05) is 5.75 Å². The predicted molar refractivity (Wildman–Crippen MR) is 73.5 cm³/mol. The van der Waals surface area contributed by atoms with Crippen molar-refractivity contribution >= 4 is 11.8 Å². The van der Waals surface area contributed by atoms with E-state index in [4.69, 9.17) is 5.73 Å². The first-order valence-corrected chi connectivity index (χ1v) is 6.56. The van der Waals surface area contributed by atoms with Crippen molar-refractivity contribution in [2.24, 2.45) is 5.73 Å². The zero-order valence-corrected chi connectivity index (χ0v) is 10.9. The van der Waals surface area contributed by atoms with Crippen LogP contribution in [0.4, 0.5) is 0 Å². The summed E-state index contributed by atoms with van der Waals surface area (Å²) in [6, 6.07) is 12.6. The summed E-state index contributed by atoms with van der Waals surface area (Å²) in [5, 5.41) is 9.74. The molecule has 19 heavy (non-hydrogen) atoms. The molecule has 0 spiro atoms. The summed E-state index contributed by atoms with van der Waals surface area (Å²) in [6.07, 6.45) is 1.42. The van der Waals surface area contributed by atoms with Crippen molar-refractivity contribution in [3.8, 4) is 6.07 Å². The van der Waals surface area contributed by atoms with Crippen molar-refractivity contribution in [1.29, 1.82) is 5.26 Å². The lowest BCUT2D eigenvalue weighted by Gasteiger charge is -2.21. The third-order valence-electron chi connectivity index (χ3n) is 2.57. The second-order valence-electron chi connectivity index (χ2n) is 3.98. The number of thioether (sulfide) groups is 1. The standard InChI is InChI=1S/C13H12N4OS/c14-8-13(15,10-4-2-1-3-5-10)9-19-12-16-7-6-11(18)17-12/h1-7H,9,15H2,(H,16,17,18). The molecule has 0 amide bonds. The first-order chi connectivity index (χ1) is 9.14. The van der Waals surface area contributed by atoms with E-state index >= 15 is 0 Å². The van der Waals surface area contributed by atoms with E-state index in [0.29, 0.717) is 10.9 Å². The Morgan fingerprint density at radius 3 is 2.74 bits per heavy atom. The number of nitriles is 1. The summed E-state index contributed by atoms with van der Waals surface area (Å²) in [5.74, 6) is 0.306. The molecule has 1 heterocycles. The van der Waals surface area contributed by atoms with E-state index in [2.05, 4.69) is 16.0 Å². The van der Waals surface area contributed by atoms with Crippen LogP contribution >= 0.6 is 11.8 Å². The molecule has 1 unspecified atom stereocenters. The first kappa shape index (κ1) is 13.3. The molecule has 0 saturated heterocycles. The third kappa shape index (κ3) is 3.22. The topological polar surface area (TPSA) is 95.6 Å². The maximum atomic E-state index is 11.1. The van der Waals surface area contributed by atoms with E-state index in [0.717, 1.165) is 5.56 Å². The smallest absolute Gasteiger partial charge is 0.251 e. The van der Waals surface area contributed by atoms with Crippen LogP contribution in [0.1, 0.15) is 5.56 Å². The van der Waals surface area contributed by atoms with Gasteiger partial charge in [0.1, 0.15) is 5.54 Å². The average molecular weight is 272 g/mol. The molecule has 5 nitrogen and oxygen atoms in total. The normalized spacial score (nSPS) is 13.5. The van der Waals surface area contributed by atoms with Crippen LogP contribution in [0, 0.1) is 11.3 Å². The van der Waals surface area contributed by atoms with Gasteiger partial charge in [0.25, 0.3) is 5.56 Å². The van der Waals surface area contributed by atoms with Crippen molar-refractivity contribution < 1.29 is 0 Å². The monoisotopic (exact) mass is 272 g/mol. The second-order valence-corrected chi connectivity index (χ2v) is 4.94. The highest BCUT2D eigenvalue weighted by atomic mass is 32.2. The van der Waals surface area contributed by atoms with Crippen LogP contribution in [0.3, 0.4) is 0 Å². The van der Waals surface area contributed by atoms with E-state index in [1.807, 2.05) is 30.3 Å². The molecule has 3 N–H and O–H groups in total. The van der Waals surface area contributed by atoms with Crippen molar-refractivity contribution in [1.82, 2.24) is 9.97 Å². The fourth-order valence-electron chi connectivity index (χ4n) is 1.52. The molecule has 0 aliphatic rings. The van der Waals surface area contributed by atoms with Gasteiger partial charge >= 0.3 is 0 Å². The number of hydrogen-bond donors (Lipinski definition) is 2. The van der Waals surface area contributed by atoms with Crippen molar-refractivity contribution in [3.63, 3.8) is 0 Å². The van der Waals surface area contributed by atoms with Gasteiger partial charge in [0.05, 0.1) is 6.07 Å². The highest BCUT2D eigenvalue weighted by molar-refractivity contribution is 7.99. The molecule has 0 aliphatic carbocycles. The molecule has 0 saturated carbocycles. The molecule has 0 radical (unpaired) electrons. The van der Waals surface area contributed by atoms with E-state index in [1.165, 1.54) is 24.0 Å². The fourth-order valence-corrected chi connectivity index (χ4v) is 2.43. The number of aromatic nitrogens is 2. The molecule has 96 valence electrons. The lowest BCUT2D eigenvalue weighted by Crippen LogP contribution is -2.37. The Labute approximate surface area is 114 Å². The maximum Gasteiger partial charge on any atom is 0.251 e.